The van der Waals surface area contributed by atoms with Gasteiger partial charge in [-0.2, -0.15) is 0 Å². The lowest BCUT2D eigenvalue weighted by Crippen LogP contribution is -2.43. The first kappa shape index (κ1) is 21.0. The van der Waals surface area contributed by atoms with E-state index in [2.05, 4.69) is 5.32 Å². The van der Waals surface area contributed by atoms with Gasteiger partial charge in [0, 0.05) is 29.9 Å². The lowest BCUT2D eigenvalue weighted by atomic mass is 9.95. The third-order valence-corrected chi connectivity index (χ3v) is 6.37. The van der Waals surface area contributed by atoms with Crippen molar-refractivity contribution < 1.29 is 9.59 Å². The van der Waals surface area contributed by atoms with Gasteiger partial charge in [0.1, 0.15) is 0 Å². The van der Waals surface area contributed by atoms with Crippen molar-refractivity contribution in [2.24, 2.45) is 5.92 Å². The molecule has 0 bridgehead atoms. The first-order valence-electron chi connectivity index (χ1n) is 11.4. The van der Waals surface area contributed by atoms with E-state index >= 15 is 0 Å². The van der Waals surface area contributed by atoms with Gasteiger partial charge >= 0.3 is 0 Å². The lowest BCUT2D eigenvalue weighted by Gasteiger charge is -2.32. The summed E-state index contributed by atoms with van der Waals surface area (Å²) in [4.78, 5) is 28.4. The van der Waals surface area contributed by atoms with Crippen LogP contribution in [0.2, 0.25) is 0 Å². The molecule has 1 N–H and O–H groups in total. The molecule has 1 heterocycles. The number of para-hydroxylation sites is 1. The third kappa shape index (κ3) is 4.37. The largest absolute Gasteiger partial charge is 0.338 e. The number of carbonyl (C=O) groups is 2. The van der Waals surface area contributed by atoms with Crippen molar-refractivity contribution in [3.05, 3.63) is 103 Å². The van der Waals surface area contributed by atoms with E-state index in [-0.39, 0.29) is 17.7 Å². The number of nitrogens with zero attached hydrogens (tertiary/aromatic N) is 1. The van der Waals surface area contributed by atoms with Crippen LogP contribution in [0.3, 0.4) is 0 Å². The summed E-state index contributed by atoms with van der Waals surface area (Å²) in [6, 6.07) is 31.6. The number of likely N-dealkylation sites (tertiary alicyclic amines) is 1. The molecule has 0 aliphatic carbocycles. The zero-order valence-electron chi connectivity index (χ0n) is 18.4. The van der Waals surface area contributed by atoms with Crippen molar-refractivity contribution in [2.45, 2.75) is 12.8 Å². The lowest BCUT2D eigenvalue weighted by molar-refractivity contribution is -0.121. The van der Waals surface area contributed by atoms with Gasteiger partial charge in [0.05, 0.1) is 5.92 Å². The van der Waals surface area contributed by atoms with Crippen LogP contribution >= 0.6 is 0 Å². The van der Waals surface area contributed by atoms with Crippen LogP contribution in [0.4, 0.5) is 5.69 Å². The van der Waals surface area contributed by atoms with Crippen molar-refractivity contribution in [1.82, 2.24) is 4.90 Å². The predicted molar refractivity (Wildman–Crippen MR) is 133 cm³/mol. The van der Waals surface area contributed by atoms with Crippen molar-refractivity contribution in [3.63, 3.8) is 0 Å². The number of rotatable bonds is 4. The van der Waals surface area contributed by atoms with Crippen LogP contribution in [-0.2, 0) is 4.79 Å². The SMILES string of the molecule is O=C(Nc1ccccc1-c1ccccc1)C1CCCN(C(=O)c2cccc3ccccc23)C1. The molecule has 4 heteroatoms. The van der Waals surface area contributed by atoms with Gasteiger partial charge in [-0.05, 0) is 41.3 Å². The summed E-state index contributed by atoms with van der Waals surface area (Å²) in [6.07, 6.45) is 1.59. The Kier molecular flexibility index (Phi) is 5.90. The number of carbonyl (C=O) groups excluding carboxylic acids is 2. The highest BCUT2D eigenvalue weighted by molar-refractivity contribution is 6.07. The summed E-state index contributed by atoms with van der Waals surface area (Å²) in [5, 5.41) is 5.13. The number of amides is 2. The fourth-order valence-electron chi connectivity index (χ4n) is 4.65. The molecule has 4 aromatic carbocycles. The number of benzene rings is 4. The quantitative estimate of drug-likeness (QED) is 0.428. The van der Waals surface area contributed by atoms with Gasteiger partial charge in [-0.15, -0.1) is 0 Å². The highest BCUT2D eigenvalue weighted by Crippen LogP contribution is 2.29. The Morgan fingerprint density at radius 2 is 1.52 bits per heavy atom. The highest BCUT2D eigenvalue weighted by atomic mass is 16.2. The second kappa shape index (κ2) is 9.29. The molecule has 5 rings (SSSR count). The zero-order valence-corrected chi connectivity index (χ0v) is 18.4. The maximum Gasteiger partial charge on any atom is 0.254 e. The Balaban J connectivity index is 1.34. The van der Waals surface area contributed by atoms with Gasteiger partial charge in [-0.3, -0.25) is 9.59 Å². The molecule has 1 aliphatic rings. The summed E-state index contributed by atoms with van der Waals surface area (Å²) in [7, 11) is 0. The van der Waals surface area contributed by atoms with Gasteiger partial charge in [0.25, 0.3) is 5.91 Å². The zero-order chi connectivity index (χ0) is 22.6. The number of nitrogens with one attached hydrogen (secondary N) is 1. The van der Waals surface area contributed by atoms with Gasteiger partial charge in [0.2, 0.25) is 5.91 Å². The molecule has 164 valence electrons. The standard InChI is InChI=1S/C29H26N2O2/c32-28(30-27-18-7-6-16-25(27)22-10-2-1-3-11-22)23-14-9-19-31(20-23)29(33)26-17-8-13-21-12-4-5-15-24(21)26/h1-8,10-13,15-18,23H,9,14,19-20H2,(H,30,32). The van der Waals surface area contributed by atoms with E-state index in [9.17, 15) is 9.59 Å². The van der Waals surface area contributed by atoms with Crippen LogP contribution in [0, 0.1) is 5.92 Å². The minimum absolute atomic E-state index is 0.00557. The summed E-state index contributed by atoms with van der Waals surface area (Å²) in [5.74, 6) is -0.274. The molecule has 33 heavy (non-hydrogen) atoms. The third-order valence-electron chi connectivity index (χ3n) is 6.37. The molecule has 0 saturated carbocycles. The molecule has 2 amide bonds. The minimum atomic E-state index is -0.235. The summed E-state index contributed by atoms with van der Waals surface area (Å²) in [6.45, 7) is 1.10. The fraction of sp³-hybridized carbons (Fsp3) is 0.172. The summed E-state index contributed by atoms with van der Waals surface area (Å²) < 4.78 is 0. The van der Waals surface area contributed by atoms with Crippen molar-refractivity contribution in [1.29, 1.82) is 0 Å². The molecular weight excluding hydrogens is 408 g/mol. The first-order valence-corrected chi connectivity index (χ1v) is 11.4. The highest BCUT2D eigenvalue weighted by Gasteiger charge is 2.29. The second-order valence-electron chi connectivity index (χ2n) is 8.52. The Morgan fingerprint density at radius 3 is 2.39 bits per heavy atom. The van der Waals surface area contributed by atoms with Crippen LogP contribution in [0.15, 0.2) is 97.1 Å². The fourth-order valence-corrected chi connectivity index (χ4v) is 4.65. The molecule has 1 unspecified atom stereocenters. The smallest absolute Gasteiger partial charge is 0.254 e. The Morgan fingerprint density at radius 1 is 0.788 bits per heavy atom. The van der Waals surface area contributed by atoms with E-state index in [1.807, 2.05) is 102 Å². The van der Waals surface area contributed by atoms with Crippen molar-refractivity contribution in [3.8, 4) is 11.1 Å². The van der Waals surface area contributed by atoms with E-state index in [1.165, 1.54) is 0 Å². The molecule has 1 fully saturated rings. The molecular formula is C29H26N2O2. The van der Waals surface area contributed by atoms with Gasteiger partial charge in [-0.25, -0.2) is 0 Å². The maximum absolute atomic E-state index is 13.4. The average molecular weight is 435 g/mol. The summed E-state index contributed by atoms with van der Waals surface area (Å²) in [5.41, 5.74) is 3.55. The van der Waals surface area contributed by atoms with E-state index in [0.717, 1.165) is 40.4 Å². The number of anilines is 1. The molecule has 0 radical (unpaired) electrons. The molecule has 1 aliphatic heterocycles. The van der Waals surface area contributed by atoms with Crippen LogP contribution in [-0.4, -0.2) is 29.8 Å². The van der Waals surface area contributed by atoms with Gasteiger partial charge in [-0.1, -0.05) is 84.9 Å². The van der Waals surface area contributed by atoms with Crippen molar-refractivity contribution >= 4 is 28.3 Å². The second-order valence-corrected chi connectivity index (χ2v) is 8.52. The van der Waals surface area contributed by atoms with E-state index in [4.69, 9.17) is 0 Å². The van der Waals surface area contributed by atoms with Crippen LogP contribution in [0.1, 0.15) is 23.2 Å². The normalized spacial score (nSPS) is 15.9. The first-order chi connectivity index (χ1) is 16.2. The molecule has 0 spiro atoms. The van der Waals surface area contributed by atoms with E-state index in [1.54, 1.807) is 0 Å². The molecule has 4 nitrogen and oxygen atoms in total. The number of piperidine rings is 1. The average Bonchev–Trinajstić information content (AvgIpc) is 2.89. The Hall–Kier alpha value is -3.92. The van der Waals surface area contributed by atoms with Crippen LogP contribution in [0.5, 0.6) is 0 Å². The molecule has 1 saturated heterocycles. The monoisotopic (exact) mass is 434 g/mol. The van der Waals surface area contributed by atoms with Gasteiger partial charge < -0.3 is 10.2 Å². The number of fused-ring (bicyclic) bond motifs is 1. The summed E-state index contributed by atoms with van der Waals surface area (Å²) >= 11 is 0. The maximum atomic E-state index is 13.4. The van der Waals surface area contributed by atoms with Crippen LogP contribution < -0.4 is 5.32 Å². The molecule has 0 aromatic heterocycles. The molecule has 4 aromatic rings. The van der Waals surface area contributed by atoms with Crippen molar-refractivity contribution in [2.75, 3.05) is 18.4 Å². The van der Waals surface area contributed by atoms with E-state index in [0.29, 0.717) is 18.7 Å². The van der Waals surface area contributed by atoms with Gasteiger partial charge in [0.15, 0.2) is 0 Å². The topological polar surface area (TPSA) is 49.4 Å². The number of hydrogen-bond donors (Lipinski definition) is 1. The Bertz CT molecular complexity index is 1290. The number of hydrogen-bond acceptors (Lipinski definition) is 2. The molecule has 1 atom stereocenters. The minimum Gasteiger partial charge on any atom is -0.338 e. The Labute approximate surface area is 193 Å². The van der Waals surface area contributed by atoms with E-state index < -0.39 is 0 Å². The van der Waals surface area contributed by atoms with Crippen LogP contribution in [0.25, 0.3) is 21.9 Å². The predicted octanol–water partition coefficient (Wildman–Crippen LogP) is 6.00.